The van der Waals surface area contributed by atoms with Crippen LogP contribution in [0.1, 0.15) is 78.5 Å². The highest BCUT2D eigenvalue weighted by molar-refractivity contribution is 6.21. The fourth-order valence-corrected chi connectivity index (χ4v) is 6.77. The molecule has 2 aliphatic heterocycles. The van der Waals surface area contributed by atoms with Gasteiger partial charge in [0.1, 0.15) is 6.10 Å². The number of imide groups is 1. The lowest BCUT2D eigenvalue weighted by Gasteiger charge is -2.31. The van der Waals surface area contributed by atoms with Crippen LogP contribution in [0.3, 0.4) is 0 Å². The summed E-state index contributed by atoms with van der Waals surface area (Å²) in [6, 6.07) is 25.0. The number of fused-ring (bicyclic) bond motifs is 1. The maximum absolute atomic E-state index is 12.7. The summed E-state index contributed by atoms with van der Waals surface area (Å²) in [4.78, 5) is 41.7. The van der Waals surface area contributed by atoms with Gasteiger partial charge in [-0.1, -0.05) is 73.5 Å². The molecule has 3 aromatic carbocycles. The van der Waals surface area contributed by atoms with Crippen LogP contribution in [0.15, 0.2) is 78.9 Å². The first-order chi connectivity index (χ1) is 22.8. The number of carbonyl (C=O) groups excluding carboxylic acids is 3. The second-order valence-electron chi connectivity index (χ2n) is 13.6. The predicted octanol–water partition coefficient (Wildman–Crippen LogP) is 7.47. The van der Waals surface area contributed by atoms with Crippen LogP contribution in [-0.4, -0.2) is 91.7 Å². The Morgan fingerprint density at radius 3 is 1.91 bits per heavy atom. The number of quaternary nitrogens is 1. The largest absolute Gasteiger partial charge is 0.446 e. The molecule has 3 amide bonds. The van der Waals surface area contributed by atoms with Crippen LogP contribution in [0.4, 0.5) is 10.5 Å². The summed E-state index contributed by atoms with van der Waals surface area (Å²) < 4.78 is 6.77. The molecule has 0 unspecified atom stereocenters. The minimum Gasteiger partial charge on any atom is -0.446 e. The van der Waals surface area contributed by atoms with Crippen LogP contribution in [-0.2, 0) is 4.74 Å². The topological polar surface area (TPSA) is 79.0 Å². The minimum absolute atomic E-state index is 0.0426. The van der Waals surface area contributed by atoms with Crippen LogP contribution in [0, 0.1) is 0 Å². The zero-order valence-electron chi connectivity index (χ0n) is 28.2. The molecule has 1 N–H and O–H groups in total. The van der Waals surface area contributed by atoms with Crippen molar-refractivity contribution in [1.82, 2.24) is 9.80 Å². The third kappa shape index (κ3) is 9.75. The third-order valence-electron chi connectivity index (χ3n) is 9.57. The van der Waals surface area contributed by atoms with Crippen molar-refractivity contribution in [3.8, 4) is 11.1 Å². The molecule has 2 heterocycles. The van der Waals surface area contributed by atoms with E-state index in [2.05, 4.69) is 24.3 Å². The second-order valence-corrected chi connectivity index (χ2v) is 13.6. The zero-order chi connectivity index (χ0) is 33.1. The molecule has 0 bridgehead atoms. The highest BCUT2D eigenvalue weighted by atomic mass is 16.6. The van der Waals surface area contributed by atoms with Crippen LogP contribution in [0.25, 0.3) is 11.1 Å². The highest BCUT2D eigenvalue weighted by Crippen LogP contribution is 2.28. The van der Waals surface area contributed by atoms with Crippen LogP contribution < -0.4 is 5.32 Å². The van der Waals surface area contributed by atoms with E-state index in [4.69, 9.17) is 4.74 Å². The number of piperidine rings is 1. The summed E-state index contributed by atoms with van der Waals surface area (Å²) in [7, 11) is 4.56. The molecule has 0 aliphatic carbocycles. The molecule has 250 valence electrons. The van der Waals surface area contributed by atoms with Crippen molar-refractivity contribution < 1.29 is 23.6 Å². The van der Waals surface area contributed by atoms with Crippen LogP contribution in [0.2, 0.25) is 0 Å². The number of anilines is 1. The zero-order valence-corrected chi connectivity index (χ0v) is 28.2. The van der Waals surface area contributed by atoms with Gasteiger partial charge in [-0.25, -0.2) is 4.79 Å². The second kappa shape index (κ2) is 16.7. The molecule has 0 spiro atoms. The summed E-state index contributed by atoms with van der Waals surface area (Å²) in [5.41, 5.74) is 3.88. The quantitative estimate of drug-likeness (QED) is 0.1000. The van der Waals surface area contributed by atoms with Gasteiger partial charge in [-0.05, 0) is 75.3 Å². The van der Waals surface area contributed by atoms with Gasteiger partial charge in [-0.15, -0.1) is 0 Å². The van der Waals surface area contributed by atoms with Crippen molar-refractivity contribution in [3.05, 3.63) is 90.0 Å². The van der Waals surface area contributed by atoms with Gasteiger partial charge in [0, 0.05) is 25.2 Å². The van der Waals surface area contributed by atoms with E-state index < -0.39 is 0 Å². The van der Waals surface area contributed by atoms with Gasteiger partial charge in [-0.3, -0.25) is 19.8 Å². The number of unbranched alkanes of at least 4 members (excludes halogenated alkanes) is 5. The van der Waals surface area contributed by atoms with Crippen molar-refractivity contribution in [2.75, 3.05) is 58.7 Å². The molecule has 47 heavy (non-hydrogen) atoms. The van der Waals surface area contributed by atoms with Crippen molar-refractivity contribution in [3.63, 3.8) is 0 Å². The third-order valence-corrected chi connectivity index (χ3v) is 9.57. The van der Waals surface area contributed by atoms with E-state index in [1.165, 1.54) is 37.0 Å². The number of nitrogens with zero attached hydrogens (tertiary/aromatic N) is 3. The van der Waals surface area contributed by atoms with Crippen LogP contribution >= 0.6 is 0 Å². The summed E-state index contributed by atoms with van der Waals surface area (Å²) in [6.07, 6.45) is 9.32. The lowest BCUT2D eigenvalue weighted by atomic mass is 10.0. The molecular formula is C39H51N4O4+. The molecule has 0 atom stereocenters. The first-order valence-corrected chi connectivity index (χ1v) is 17.4. The number of hydrogen-bond donors (Lipinski definition) is 1. The Bertz CT molecular complexity index is 1450. The summed E-state index contributed by atoms with van der Waals surface area (Å²) >= 11 is 0. The monoisotopic (exact) mass is 639 g/mol. The van der Waals surface area contributed by atoms with Gasteiger partial charge in [0.15, 0.2) is 0 Å². The Kier molecular flexibility index (Phi) is 12.2. The maximum atomic E-state index is 12.7. The normalized spacial score (nSPS) is 15.6. The number of likely N-dealkylation sites (tertiary alicyclic amines) is 1. The smallest absolute Gasteiger partial charge is 0.411 e. The molecule has 5 rings (SSSR count). The number of amides is 3. The molecule has 8 nitrogen and oxygen atoms in total. The van der Waals surface area contributed by atoms with Crippen LogP contribution in [0.5, 0.6) is 0 Å². The van der Waals surface area contributed by atoms with E-state index in [9.17, 15) is 14.4 Å². The average Bonchev–Trinajstić information content (AvgIpc) is 3.32. The minimum atomic E-state index is -0.380. The first kappa shape index (κ1) is 34.3. The van der Waals surface area contributed by atoms with Gasteiger partial charge in [-0.2, -0.15) is 0 Å². The molecule has 1 fully saturated rings. The van der Waals surface area contributed by atoms with E-state index in [0.29, 0.717) is 17.7 Å². The van der Waals surface area contributed by atoms with Crippen molar-refractivity contribution in [2.24, 2.45) is 0 Å². The fourth-order valence-electron chi connectivity index (χ4n) is 6.77. The number of nitrogens with one attached hydrogen (secondary N) is 1. The Hall–Kier alpha value is -4.01. The number of hydrogen-bond acceptors (Lipinski definition) is 5. The standard InChI is InChI=1S/C39H50N4O4/c1-43(2,30-16-14-26-42-37(44)34-20-9-10-21-35(34)38(42)45)29-15-5-3-4-13-25-41-27-23-32(24-28-41)47-39(46)40-36-22-12-11-19-33(36)31-17-7-6-8-18-31/h6-12,17-22,32H,3-5,13-16,23-30H2,1-2H3/p+1. The van der Waals surface area contributed by atoms with E-state index in [1.54, 1.807) is 12.1 Å². The number of para-hydroxylation sites is 1. The summed E-state index contributed by atoms with van der Waals surface area (Å²) in [5, 5.41) is 2.96. The van der Waals surface area contributed by atoms with Crippen molar-refractivity contribution in [1.29, 1.82) is 0 Å². The fraction of sp³-hybridized carbons (Fsp3) is 0.462. The highest BCUT2D eigenvalue weighted by Gasteiger charge is 2.34. The lowest BCUT2D eigenvalue weighted by molar-refractivity contribution is -0.890. The number of benzene rings is 3. The molecule has 0 radical (unpaired) electrons. The Morgan fingerprint density at radius 1 is 0.702 bits per heavy atom. The Morgan fingerprint density at radius 2 is 1.23 bits per heavy atom. The lowest BCUT2D eigenvalue weighted by Crippen LogP contribution is -2.41. The molecule has 2 aliphatic rings. The van der Waals surface area contributed by atoms with E-state index in [-0.39, 0.29) is 24.0 Å². The van der Waals surface area contributed by atoms with Gasteiger partial charge in [0.2, 0.25) is 0 Å². The van der Waals surface area contributed by atoms with Gasteiger partial charge < -0.3 is 14.1 Å². The Labute approximate surface area is 280 Å². The number of rotatable bonds is 16. The van der Waals surface area contributed by atoms with Gasteiger partial charge >= 0.3 is 6.09 Å². The SMILES string of the molecule is C[N+](C)(CCCCCCCN1CCC(OC(=O)Nc2ccccc2-c2ccccc2)CC1)CCCCN1C(=O)c2ccccc2C1=O. The van der Waals surface area contributed by atoms with E-state index >= 15 is 0 Å². The predicted molar refractivity (Wildman–Crippen MR) is 187 cm³/mol. The van der Waals surface area contributed by atoms with Gasteiger partial charge in [0.05, 0.1) is 44.0 Å². The van der Waals surface area contributed by atoms with Gasteiger partial charge in [0.25, 0.3) is 11.8 Å². The summed E-state index contributed by atoms with van der Waals surface area (Å²) in [6.45, 7) is 5.74. The molecule has 1 saturated heterocycles. The Balaban J connectivity index is 0.883. The number of carbonyl (C=O) groups is 3. The van der Waals surface area contributed by atoms with E-state index in [1.807, 2.05) is 66.7 Å². The molecule has 0 aromatic heterocycles. The van der Waals surface area contributed by atoms with E-state index in [0.717, 1.165) is 79.7 Å². The first-order valence-electron chi connectivity index (χ1n) is 17.4. The van der Waals surface area contributed by atoms with Crippen molar-refractivity contribution >= 4 is 23.6 Å². The van der Waals surface area contributed by atoms with Crippen molar-refractivity contribution in [2.45, 2.75) is 63.9 Å². The maximum Gasteiger partial charge on any atom is 0.411 e. The average molecular weight is 640 g/mol. The molecule has 0 saturated carbocycles. The number of ether oxygens (including phenoxy) is 1. The molecule has 3 aromatic rings. The molecular weight excluding hydrogens is 588 g/mol. The molecule has 8 heteroatoms. The summed E-state index contributed by atoms with van der Waals surface area (Å²) in [5.74, 6) is -0.307.